The van der Waals surface area contributed by atoms with Crippen LogP contribution >= 0.6 is 0 Å². The predicted molar refractivity (Wildman–Crippen MR) is 134 cm³/mol. The lowest BCUT2D eigenvalue weighted by Crippen LogP contribution is -2.43. The topological polar surface area (TPSA) is 63.6 Å². The molecule has 0 heterocycles. The Labute approximate surface area is 196 Å². The Bertz CT molecular complexity index is 573. The van der Waals surface area contributed by atoms with Crippen molar-refractivity contribution in [3.8, 4) is 0 Å². The Morgan fingerprint density at radius 3 is 1.88 bits per heavy atom. The minimum absolute atomic E-state index is 0.140. The van der Waals surface area contributed by atoms with Crippen molar-refractivity contribution in [3.63, 3.8) is 0 Å². The number of likely N-dealkylation sites (N-methyl/N-ethyl adjacent to an activating group) is 1. The van der Waals surface area contributed by atoms with E-state index in [1.54, 1.807) is 0 Å². The Balaban J connectivity index is 3.74. The normalized spacial score (nSPS) is 13.4. The first-order valence-corrected chi connectivity index (χ1v) is 12.4. The van der Waals surface area contributed by atoms with E-state index in [0.717, 1.165) is 44.9 Å². The van der Waals surface area contributed by atoms with E-state index in [2.05, 4.69) is 43.4 Å². The lowest BCUT2D eigenvalue weighted by atomic mass is 10.1. The van der Waals surface area contributed by atoms with Gasteiger partial charge in [-0.25, -0.2) is 0 Å². The van der Waals surface area contributed by atoms with Gasteiger partial charge in [-0.15, -0.1) is 0 Å². The van der Waals surface area contributed by atoms with Crippen molar-refractivity contribution in [3.05, 3.63) is 36.5 Å². The highest BCUT2D eigenvalue weighted by Gasteiger charge is 2.24. The van der Waals surface area contributed by atoms with Crippen LogP contribution in [0.1, 0.15) is 90.4 Å². The van der Waals surface area contributed by atoms with Crippen molar-refractivity contribution in [1.29, 1.82) is 0 Å². The fraction of sp³-hybridized carbons (Fsp3) is 0.704. The fourth-order valence-electron chi connectivity index (χ4n) is 3.37. The third-order valence-electron chi connectivity index (χ3n) is 4.97. The smallest absolute Gasteiger partial charge is 0.307 e. The first kappa shape index (κ1) is 30.1. The number of quaternary nitrogens is 1. The number of allylic oxidation sites excluding steroid dienone is 6. The molecule has 1 atom stereocenters. The molecule has 0 saturated carbocycles. The summed E-state index contributed by atoms with van der Waals surface area (Å²) in [5.74, 6) is -1.22. The van der Waals surface area contributed by atoms with Crippen molar-refractivity contribution in [2.45, 2.75) is 96.5 Å². The largest absolute Gasteiger partial charge is 0.481 e. The van der Waals surface area contributed by atoms with Crippen LogP contribution in [-0.2, 0) is 14.3 Å². The molecule has 0 aromatic rings. The monoisotopic (exact) mass is 450 g/mol. The molecule has 0 rings (SSSR count). The third kappa shape index (κ3) is 22.8. The van der Waals surface area contributed by atoms with Crippen LogP contribution in [0, 0.1) is 0 Å². The predicted octanol–water partition coefficient (Wildman–Crippen LogP) is 6.45. The third-order valence-corrected chi connectivity index (χ3v) is 4.97. The lowest BCUT2D eigenvalue weighted by molar-refractivity contribution is -0.873. The van der Waals surface area contributed by atoms with Gasteiger partial charge in [0.2, 0.25) is 0 Å². The van der Waals surface area contributed by atoms with Crippen molar-refractivity contribution in [1.82, 2.24) is 0 Å². The van der Waals surface area contributed by atoms with Gasteiger partial charge in [0.25, 0.3) is 0 Å². The van der Waals surface area contributed by atoms with Gasteiger partial charge in [0.05, 0.1) is 27.6 Å². The second kappa shape index (κ2) is 19.8. The Morgan fingerprint density at radius 1 is 0.812 bits per heavy atom. The summed E-state index contributed by atoms with van der Waals surface area (Å²) in [6.45, 7) is 2.73. The molecular formula is C27H48NO4+. The molecule has 1 unspecified atom stereocenters. The number of ether oxygens (including phenoxy) is 1. The number of aliphatic carboxylic acids is 1. The van der Waals surface area contributed by atoms with Gasteiger partial charge in [0, 0.05) is 6.42 Å². The number of nitrogens with zero attached hydrogens (tertiary/aromatic N) is 1. The summed E-state index contributed by atoms with van der Waals surface area (Å²) in [5, 5.41) is 9.02. The molecule has 0 aromatic heterocycles. The molecule has 0 aromatic carbocycles. The second-order valence-electron chi connectivity index (χ2n) is 9.52. The molecule has 0 bridgehead atoms. The molecule has 5 nitrogen and oxygen atoms in total. The first-order valence-electron chi connectivity index (χ1n) is 12.4. The number of rotatable bonds is 20. The molecule has 184 valence electrons. The number of hydrogen-bond acceptors (Lipinski definition) is 3. The maximum absolute atomic E-state index is 12.0. The van der Waals surface area contributed by atoms with E-state index in [0.29, 0.717) is 17.4 Å². The second-order valence-corrected chi connectivity index (χ2v) is 9.52. The van der Waals surface area contributed by atoms with E-state index in [4.69, 9.17) is 9.84 Å². The van der Waals surface area contributed by atoms with E-state index in [9.17, 15) is 9.59 Å². The van der Waals surface area contributed by atoms with Gasteiger partial charge in [-0.05, 0) is 44.9 Å². The van der Waals surface area contributed by atoms with Gasteiger partial charge in [-0.2, -0.15) is 0 Å². The van der Waals surface area contributed by atoms with Gasteiger partial charge in [0.15, 0.2) is 6.10 Å². The molecule has 0 saturated heterocycles. The maximum atomic E-state index is 12.0. The number of unbranched alkanes of at least 4 members (excludes halogenated alkanes) is 7. The van der Waals surface area contributed by atoms with Crippen LogP contribution in [0.15, 0.2) is 36.5 Å². The zero-order chi connectivity index (χ0) is 24.1. The highest BCUT2D eigenvalue weighted by molar-refractivity contribution is 5.71. The summed E-state index contributed by atoms with van der Waals surface area (Å²) in [7, 11) is 5.88. The van der Waals surface area contributed by atoms with E-state index in [1.165, 1.54) is 25.7 Å². The molecule has 0 amide bonds. The quantitative estimate of drug-likeness (QED) is 0.100. The lowest BCUT2D eigenvalue weighted by Gasteiger charge is -2.28. The molecule has 0 aliphatic carbocycles. The van der Waals surface area contributed by atoms with Crippen LogP contribution in [0.4, 0.5) is 0 Å². The number of carboxylic acids is 1. The van der Waals surface area contributed by atoms with Gasteiger partial charge in [0.1, 0.15) is 6.54 Å². The summed E-state index contributed by atoms with van der Waals surface area (Å²) in [6.07, 6.45) is 25.3. The van der Waals surface area contributed by atoms with E-state index in [1.807, 2.05) is 21.1 Å². The van der Waals surface area contributed by atoms with E-state index >= 15 is 0 Å². The van der Waals surface area contributed by atoms with Gasteiger partial charge in [-0.3, -0.25) is 9.59 Å². The molecule has 0 radical (unpaired) electrons. The minimum Gasteiger partial charge on any atom is -0.481 e. The molecule has 32 heavy (non-hydrogen) atoms. The summed E-state index contributed by atoms with van der Waals surface area (Å²) >= 11 is 0. The van der Waals surface area contributed by atoms with Crippen molar-refractivity contribution in [2.75, 3.05) is 27.7 Å². The SMILES string of the molecule is CCCCC/C=C\C/C=C\C/C=C\CCCCCCC(=O)OC(CC(=O)O)C[N+](C)(C)C. The number of carbonyl (C=O) groups is 2. The van der Waals surface area contributed by atoms with Gasteiger partial charge < -0.3 is 14.3 Å². The van der Waals surface area contributed by atoms with E-state index in [-0.39, 0.29) is 12.4 Å². The Hall–Kier alpha value is -1.88. The highest BCUT2D eigenvalue weighted by atomic mass is 16.5. The highest BCUT2D eigenvalue weighted by Crippen LogP contribution is 2.10. The van der Waals surface area contributed by atoms with Gasteiger partial charge >= 0.3 is 11.9 Å². The first-order chi connectivity index (χ1) is 15.2. The van der Waals surface area contributed by atoms with Crippen molar-refractivity contribution in [2.24, 2.45) is 0 Å². The molecule has 1 N–H and O–H groups in total. The Morgan fingerprint density at radius 2 is 1.34 bits per heavy atom. The van der Waals surface area contributed by atoms with Crippen molar-refractivity contribution < 1.29 is 23.9 Å². The van der Waals surface area contributed by atoms with Crippen LogP contribution in [0.3, 0.4) is 0 Å². The van der Waals surface area contributed by atoms with Crippen LogP contribution in [0.5, 0.6) is 0 Å². The summed E-state index contributed by atoms with van der Waals surface area (Å²) in [5.41, 5.74) is 0. The number of carboxylic acid groups (broad SMARTS) is 1. The fourth-order valence-corrected chi connectivity index (χ4v) is 3.37. The average molecular weight is 451 g/mol. The summed E-state index contributed by atoms with van der Waals surface area (Å²) < 4.78 is 5.97. The maximum Gasteiger partial charge on any atom is 0.307 e. The van der Waals surface area contributed by atoms with E-state index < -0.39 is 12.1 Å². The number of hydrogen-bond donors (Lipinski definition) is 1. The molecule has 0 aliphatic rings. The van der Waals surface area contributed by atoms with Crippen LogP contribution in [0.25, 0.3) is 0 Å². The zero-order valence-electron chi connectivity index (χ0n) is 21.1. The standard InChI is InChI=1S/C27H47NO4/c1-5-6-7-8-9-10-11-12-13-14-15-16-17-18-19-20-21-22-27(31)32-25(23-26(29)30)24-28(2,3)4/h9-10,12-13,15-16,25H,5-8,11,14,17-24H2,1-4H3/p+1/b10-9-,13-12-,16-15-. The number of carbonyl (C=O) groups excluding carboxylic acids is 1. The van der Waals surface area contributed by atoms with Gasteiger partial charge in [-0.1, -0.05) is 69.1 Å². The minimum atomic E-state index is -0.936. The molecule has 0 fully saturated rings. The average Bonchev–Trinajstić information content (AvgIpc) is 2.68. The van der Waals surface area contributed by atoms with Crippen LogP contribution < -0.4 is 0 Å². The summed E-state index contributed by atoms with van der Waals surface area (Å²) in [6, 6.07) is 0. The zero-order valence-corrected chi connectivity index (χ0v) is 21.1. The number of esters is 1. The molecular weight excluding hydrogens is 402 g/mol. The molecule has 0 spiro atoms. The van der Waals surface area contributed by atoms with Crippen LogP contribution in [0.2, 0.25) is 0 Å². The molecule has 0 aliphatic heterocycles. The summed E-state index contributed by atoms with van der Waals surface area (Å²) in [4.78, 5) is 23.0. The Kier molecular flexibility index (Phi) is 18.6. The molecule has 5 heteroatoms. The van der Waals surface area contributed by atoms with Crippen molar-refractivity contribution >= 4 is 11.9 Å². The van der Waals surface area contributed by atoms with Crippen LogP contribution in [-0.4, -0.2) is 55.3 Å².